The van der Waals surface area contributed by atoms with E-state index in [1.54, 1.807) is 0 Å². The summed E-state index contributed by atoms with van der Waals surface area (Å²) in [6, 6.07) is 10.0. The van der Waals surface area contributed by atoms with E-state index in [0.717, 1.165) is 24.8 Å². The number of esters is 1. The summed E-state index contributed by atoms with van der Waals surface area (Å²) < 4.78 is 9.97. The molecule has 0 saturated heterocycles. The molecule has 0 spiro atoms. The third-order valence-corrected chi connectivity index (χ3v) is 4.80. The molecule has 0 heterocycles. The summed E-state index contributed by atoms with van der Waals surface area (Å²) in [4.78, 5) is 34.6. The molecule has 3 rings (SSSR count). The zero-order valence-corrected chi connectivity index (χ0v) is 16.1. The molecule has 0 atom stereocenters. The highest BCUT2D eigenvalue weighted by molar-refractivity contribution is 5.95. The molecule has 0 aliphatic heterocycles. The molecule has 0 bridgehead atoms. The molecule has 0 unspecified atom stereocenters. The number of hydrogen-bond acceptors (Lipinski definition) is 6. The highest BCUT2D eigenvalue weighted by Crippen LogP contribution is 2.29. The van der Waals surface area contributed by atoms with Crippen molar-refractivity contribution < 1.29 is 24.0 Å². The number of nitrogens with zero attached hydrogens (tertiary/aromatic N) is 1. The van der Waals surface area contributed by atoms with Crippen molar-refractivity contribution in [3.05, 3.63) is 63.2 Å². The number of nitro benzene ring substituents is 1. The summed E-state index contributed by atoms with van der Waals surface area (Å²) in [6.07, 6.45) is 4.50. The third kappa shape index (κ3) is 5.31. The maximum absolute atomic E-state index is 12.1. The number of carbonyl (C=O) groups is 2. The van der Waals surface area contributed by atoms with Crippen LogP contribution in [-0.2, 0) is 33.6 Å². The Morgan fingerprint density at radius 1 is 1.10 bits per heavy atom. The second-order valence-electron chi connectivity index (χ2n) is 6.84. The van der Waals surface area contributed by atoms with Crippen LogP contribution < -0.4 is 10.1 Å². The number of amides is 1. The number of carbonyl (C=O) groups excluding carboxylic acids is 2. The summed E-state index contributed by atoms with van der Waals surface area (Å²) in [6.45, 7) is -0.521. The second kappa shape index (κ2) is 9.18. The number of ether oxygens (including phenoxy) is 2. The summed E-state index contributed by atoms with van der Waals surface area (Å²) in [7, 11) is 1.39. The lowest BCUT2D eigenvalue weighted by molar-refractivity contribution is -0.384. The predicted molar refractivity (Wildman–Crippen MR) is 106 cm³/mol. The molecule has 29 heavy (non-hydrogen) atoms. The first-order valence-electron chi connectivity index (χ1n) is 9.35. The normalized spacial score (nSPS) is 12.6. The van der Waals surface area contributed by atoms with Crippen molar-refractivity contribution in [2.75, 3.05) is 19.0 Å². The largest absolute Gasteiger partial charge is 0.496 e. The number of nitrogens with one attached hydrogen (secondary N) is 1. The molecule has 8 heteroatoms. The molecule has 8 nitrogen and oxygen atoms in total. The van der Waals surface area contributed by atoms with E-state index in [-0.39, 0.29) is 17.8 Å². The van der Waals surface area contributed by atoms with Gasteiger partial charge in [0.15, 0.2) is 6.61 Å². The Balaban J connectivity index is 1.54. The van der Waals surface area contributed by atoms with Crippen LogP contribution in [0, 0.1) is 10.1 Å². The molecule has 2 aromatic rings. The minimum Gasteiger partial charge on any atom is -0.496 e. The summed E-state index contributed by atoms with van der Waals surface area (Å²) in [5.74, 6) is -0.886. The van der Waals surface area contributed by atoms with Crippen molar-refractivity contribution in [3.8, 4) is 5.75 Å². The first-order chi connectivity index (χ1) is 14.0. The van der Waals surface area contributed by atoms with Crippen molar-refractivity contribution in [1.29, 1.82) is 0 Å². The molecule has 2 aromatic carbocycles. The van der Waals surface area contributed by atoms with Gasteiger partial charge in [0.05, 0.1) is 24.5 Å². The minimum absolute atomic E-state index is 0.00605. The van der Waals surface area contributed by atoms with Crippen molar-refractivity contribution in [1.82, 2.24) is 0 Å². The predicted octanol–water partition coefficient (Wildman–Crippen LogP) is 3.21. The quantitative estimate of drug-likeness (QED) is 0.436. The van der Waals surface area contributed by atoms with Crippen LogP contribution in [0.1, 0.15) is 29.5 Å². The van der Waals surface area contributed by atoms with Gasteiger partial charge in [0.2, 0.25) is 0 Å². The second-order valence-corrected chi connectivity index (χ2v) is 6.84. The third-order valence-electron chi connectivity index (χ3n) is 4.80. The zero-order chi connectivity index (χ0) is 20.8. The Labute approximate surface area is 168 Å². The fourth-order valence-corrected chi connectivity index (χ4v) is 3.34. The van der Waals surface area contributed by atoms with E-state index in [2.05, 4.69) is 5.32 Å². The Hall–Kier alpha value is -3.42. The van der Waals surface area contributed by atoms with E-state index in [9.17, 15) is 19.7 Å². The SMILES string of the molecule is COc1ccc(NC(=O)COC(=O)Cc2ccc3c(c2)CCCC3)c([N+](=O)[O-])c1. The molecule has 0 fully saturated rings. The zero-order valence-electron chi connectivity index (χ0n) is 16.1. The van der Waals surface area contributed by atoms with Crippen LogP contribution in [0.4, 0.5) is 11.4 Å². The highest BCUT2D eigenvalue weighted by Gasteiger charge is 2.18. The lowest BCUT2D eigenvalue weighted by atomic mass is 9.90. The molecular formula is C21H22N2O6. The molecule has 1 amide bonds. The fourth-order valence-electron chi connectivity index (χ4n) is 3.34. The van der Waals surface area contributed by atoms with Gasteiger partial charge in [0.1, 0.15) is 11.4 Å². The summed E-state index contributed by atoms with van der Waals surface area (Å²) in [5, 5.41) is 13.5. The van der Waals surface area contributed by atoms with Crippen molar-refractivity contribution in [2.45, 2.75) is 32.1 Å². The molecule has 1 aliphatic rings. The number of aryl methyl sites for hydroxylation is 2. The van der Waals surface area contributed by atoms with Crippen LogP contribution >= 0.6 is 0 Å². The number of anilines is 1. The van der Waals surface area contributed by atoms with E-state index >= 15 is 0 Å². The summed E-state index contributed by atoms with van der Waals surface area (Å²) >= 11 is 0. The first kappa shape index (κ1) is 20.3. The number of rotatable bonds is 7. The van der Waals surface area contributed by atoms with Crippen molar-refractivity contribution >= 4 is 23.3 Å². The standard InChI is InChI=1S/C21H22N2O6/c1-28-17-8-9-18(19(12-17)23(26)27)22-20(24)13-29-21(25)11-14-6-7-15-4-2-3-5-16(15)10-14/h6-10,12H,2-5,11,13H2,1H3,(H,22,24). The van der Waals surface area contributed by atoms with Gasteiger partial charge in [-0.25, -0.2) is 0 Å². The molecule has 0 radical (unpaired) electrons. The Bertz CT molecular complexity index is 941. The average molecular weight is 398 g/mol. The van der Waals surface area contributed by atoms with Crippen LogP contribution in [-0.4, -0.2) is 30.5 Å². The monoisotopic (exact) mass is 398 g/mol. The van der Waals surface area contributed by atoms with Gasteiger partial charge in [0.25, 0.3) is 11.6 Å². The van der Waals surface area contributed by atoms with E-state index in [1.807, 2.05) is 18.2 Å². The van der Waals surface area contributed by atoms with Crippen LogP contribution in [0.2, 0.25) is 0 Å². The molecular weight excluding hydrogens is 376 g/mol. The maximum Gasteiger partial charge on any atom is 0.310 e. The van der Waals surface area contributed by atoms with Gasteiger partial charge in [-0.3, -0.25) is 19.7 Å². The van der Waals surface area contributed by atoms with E-state index in [0.29, 0.717) is 5.75 Å². The van der Waals surface area contributed by atoms with Gasteiger partial charge < -0.3 is 14.8 Å². The topological polar surface area (TPSA) is 108 Å². The first-order valence-corrected chi connectivity index (χ1v) is 9.35. The molecule has 1 aliphatic carbocycles. The number of hydrogen-bond donors (Lipinski definition) is 1. The number of benzene rings is 2. The van der Waals surface area contributed by atoms with Gasteiger partial charge >= 0.3 is 5.97 Å². The number of nitro groups is 1. The summed E-state index contributed by atoms with van der Waals surface area (Å²) in [5.41, 5.74) is 3.14. The van der Waals surface area contributed by atoms with Gasteiger partial charge in [-0.05, 0) is 54.5 Å². The van der Waals surface area contributed by atoms with Gasteiger partial charge in [-0.15, -0.1) is 0 Å². The average Bonchev–Trinajstić information content (AvgIpc) is 2.72. The number of methoxy groups -OCH3 is 1. The maximum atomic E-state index is 12.1. The highest BCUT2D eigenvalue weighted by atomic mass is 16.6. The molecule has 1 N–H and O–H groups in total. The fraction of sp³-hybridized carbons (Fsp3) is 0.333. The van der Waals surface area contributed by atoms with Gasteiger partial charge in [-0.1, -0.05) is 18.2 Å². The Kier molecular flexibility index (Phi) is 6.43. The number of fused-ring (bicyclic) bond motifs is 1. The Morgan fingerprint density at radius 2 is 1.86 bits per heavy atom. The molecule has 152 valence electrons. The van der Waals surface area contributed by atoms with Crippen LogP contribution in [0.25, 0.3) is 0 Å². The van der Waals surface area contributed by atoms with E-state index < -0.39 is 23.4 Å². The van der Waals surface area contributed by atoms with Crippen LogP contribution in [0.3, 0.4) is 0 Å². The van der Waals surface area contributed by atoms with Crippen LogP contribution in [0.15, 0.2) is 36.4 Å². The minimum atomic E-state index is -0.656. The van der Waals surface area contributed by atoms with Gasteiger partial charge in [-0.2, -0.15) is 0 Å². The smallest absolute Gasteiger partial charge is 0.310 e. The molecule has 0 aromatic heterocycles. The lowest BCUT2D eigenvalue weighted by Gasteiger charge is -2.16. The van der Waals surface area contributed by atoms with Crippen molar-refractivity contribution in [3.63, 3.8) is 0 Å². The van der Waals surface area contributed by atoms with Gasteiger partial charge in [0, 0.05) is 0 Å². The molecule has 0 saturated carbocycles. The van der Waals surface area contributed by atoms with E-state index in [1.165, 1.54) is 42.9 Å². The van der Waals surface area contributed by atoms with E-state index in [4.69, 9.17) is 9.47 Å². The Morgan fingerprint density at radius 3 is 2.59 bits per heavy atom. The van der Waals surface area contributed by atoms with Crippen LogP contribution in [0.5, 0.6) is 5.75 Å². The lowest BCUT2D eigenvalue weighted by Crippen LogP contribution is -2.22. The van der Waals surface area contributed by atoms with Crippen molar-refractivity contribution in [2.24, 2.45) is 0 Å².